The van der Waals surface area contributed by atoms with Crippen molar-refractivity contribution in [1.29, 1.82) is 0 Å². The van der Waals surface area contributed by atoms with E-state index >= 15 is 0 Å². The Kier molecular flexibility index (Phi) is 3.46. The van der Waals surface area contributed by atoms with Crippen LogP contribution in [0.15, 0.2) is 12.3 Å². The molecule has 2 unspecified atom stereocenters. The summed E-state index contributed by atoms with van der Waals surface area (Å²) in [5.41, 5.74) is 9.43. The molecule has 0 spiro atoms. The maximum absolute atomic E-state index is 5.88. The quantitative estimate of drug-likeness (QED) is 0.876. The van der Waals surface area contributed by atoms with E-state index in [2.05, 4.69) is 34.7 Å². The first-order valence-electron chi connectivity index (χ1n) is 7.35. The SMILES string of the molecule is Cc1cc(N2CC3CCCN3CC2C)c(CN)cn1. The first-order chi connectivity index (χ1) is 9.19. The lowest BCUT2D eigenvalue weighted by Gasteiger charge is -2.44. The van der Waals surface area contributed by atoms with Gasteiger partial charge in [-0.25, -0.2) is 0 Å². The fourth-order valence-electron chi connectivity index (χ4n) is 3.52. The number of nitrogens with zero attached hydrogens (tertiary/aromatic N) is 3. The van der Waals surface area contributed by atoms with Crippen molar-refractivity contribution in [3.8, 4) is 0 Å². The van der Waals surface area contributed by atoms with Gasteiger partial charge in [-0.3, -0.25) is 9.88 Å². The smallest absolute Gasteiger partial charge is 0.0448 e. The highest BCUT2D eigenvalue weighted by molar-refractivity contribution is 5.55. The summed E-state index contributed by atoms with van der Waals surface area (Å²) in [4.78, 5) is 9.58. The molecule has 0 amide bonds. The summed E-state index contributed by atoms with van der Waals surface area (Å²) in [6, 6.07) is 3.49. The molecule has 0 saturated carbocycles. The average Bonchev–Trinajstić information content (AvgIpc) is 2.84. The Labute approximate surface area is 115 Å². The minimum Gasteiger partial charge on any atom is -0.366 e. The lowest BCUT2D eigenvalue weighted by atomic mass is 10.0. The van der Waals surface area contributed by atoms with E-state index in [1.165, 1.54) is 37.2 Å². The van der Waals surface area contributed by atoms with Crippen molar-refractivity contribution >= 4 is 5.69 Å². The molecule has 0 radical (unpaired) electrons. The first kappa shape index (κ1) is 12.9. The van der Waals surface area contributed by atoms with Gasteiger partial charge in [0.05, 0.1) is 0 Å². The maximum Gasteiger partial charge on any atom is 0.0448 e. The van der Waals surface area contributed by atoms with Crippen LogP contribution < -0.4 is 10.6 Å². The Bertz CT molecular complexity index is 459. The Morgan fingerprint density at radius 3 is 3.05 bits per heavy atom. The van der Waals surface area contributed by atoms with Gasteiger partial charge in [-0.15, -0.1) is 0 Å². The topological polar surface area (TPSA) is 45.4 Å². The summed E-state index contributed by atoms with van der Waals surface area (Å²) < 4.78 is 0. The van der Waals surface area contributed by atoms with E-state index in [4.69, 9.17) is 5.73 Å². The standard InChI is InChI=1S/C15H24N4/c1-11-6-15(13(7-16)8-17-11)19-10-14-4-3-5-18(14)9-12(19)2/h6,8,12,14H,3-5,7,9-10,16H2,1-2H3. The van der Waals surface area contributed by atoms with Crippen molar-refractivity contribution in [2.75, 3.05) is 24.5 Å². The fraction of sp³-hybridized carbons (Fsp3) is 0.667. The highest BCUT2D eigenvalue weighted by Gasteiger charge is 2.35. The Morgan fingerprint density at radius 1 is 1.42 bits per heavy atom. The second-order valence-corrected chi connectivity index (χ2v) is 5.95. The number of aryl methyl sites for hydroxylation is 1. The normalized spacial score (nSPS) is 27.6. The van der Waals surface area contributed by atoms with E-state index < -0.39 is 0 Å². The van der Waals surface area contributed by atoms with E-state index in [1.807, 2.05) is 6.20 Å². The second-order valence-electron chi connectivity index (χ2n) is 5.95. The summed E-state index contributed by atoms with van der Waals surface area (Å²) in [6.45, 7) is 8.54. The molecule has 0 bridgehead atoms. The Balaban J connectivity index is 1.90. The minimum atomic E-state index is 0.557. The zero-order valence-corrected chi connectivity index (χ0v) is 12.0. The molecular formula is C15H24N4. The van der Waals surface area contributed by atoms with Gasteiger partial charge in [0, 0.05) is 54.9 Å². The molecule has 2 atom stereocenters. The van der Waals surface area contributed by atoms with E-state index in [1.54, 1.807) is 0 Å². The molecule has 0 aliphatic carbocycles. The number of aromatic nitrogens is 1. The van der Waals surface area contributed by atoms with Crippen LogP contribution in [-0.2, 0) is 6.54 Å². The molecule has 3 rings (SSSR count). The summed E-state index contributed by atoms with van der Waals surface area (Å²) in [5, 5.41) is 0. The highest BCUT2D eigenvalue weighted by atomic mass is 15.3. The summed E-state index contributed by atoms with van der Waals surface area (Å²) in [7, 11) is 0. The average molecular weight is 260 g/mol. The van der Waals surface area contributed by atoms with Gasteiger partial charge in [-0.1, -0.05) is 0 Å². The molecule has 2 fully saturated rings. The molecule has 0 aromatic carbocycles. The molecule has 1 aromatic heterocycles. The van der Waals surface area contributed by atoms with Crippen LogP contribution in [0.1, 0.15) is 31.0 Å². The number of hydrogen-bond donors (Lipinski definition) is 1. The van der Waals surface area contributed by atoms with Crippen LogP contribution in [0.25, 0.3) is 0 Å². The molecule has 19 heavy (non-hydrogen) atoms. The second kappa shape index (κ2) is 5.10. The minimum absolute atomic E-state index is 0.557. The molecule has 4 heteroatoms. The van der Waals surface area contributed by atoms with E-state index in [0.717, 1.165) is 18.3 Å². The predicted molar refractivity (Wildman–Crippen MR) is 78.3 cm³/mol. The van der Waals surface area contributed by atoms with Crippen molar-refractivity contribution in [3.05, 3.63) is 23.5 Å². The van der Waals surface area contributed by atoms with Crippen LogP contribution in [0.4, 0.5) is 5.69 Å². The monoisotopic (exact) mass is 260 g/mol. The van der Waals surface area contributed by atoms with Gasteiger partial charge in [0.25, 0.3) is 0 Å². The zero-order chi connectivity index (χ0) is 13.4. The van der Waals surface area contributed by atoms with Gasteiger partial charge in [0.1, 0.15) is 0 Å². The molecule has 1 aromatic rings. The molecular weight excluding hydrogens is 236 g/mol. The first-order valence-corrected chi connectivity index (χ1v) is 7.35. The number of piperazine rings is 1. The van der Waals surface area contributed by atoms with Crippen molar-refractivity contribution in [2.24, 2.45) is 5.73 Å². The van der Waals surface area contributed by atoms with Crippen LogP contribution in [-0.4, -0.2) is 41.6 Å². The van der Waals surface area contributed by atoms with Crippen molar-refractivity contribution in [1.82, 2.24) is 9.88 Å². The number of hydrogen-bond acceptors (Lipinski definition) is 4. The molecule has 2 N–H and O–H groups in total. The summed E-state index contributed by atoms with van der Waals surface area (Å²) >= 11 is 0. The van der Waals surface area contributed by atoms with Crippen molar-refractivity contribution < 1.29 is 0 Å². The number of nitrogens with two attached hydrogens (primary N) is 1. The van der Waals surface area contributed by atoms with E-state index in [9.17, 15) is 0 Å². The van der Waals surface area contributed by atoms with Crippen LogP contribution in [0.2, 0.25) is 0 Å². The number of rotatable bonds is 2. The van der Waals surface area contributed by atoms with Crippen molar-refractivity contribution in [2.45, 2.75) is 45.3 Å². The van der Waals surface area contributed by atoms with Crippen LogP contribution in [0.5, 0.6) is 0 Å². The number of anilines is 1. The maximum atomic E-state index is 5.88. The third kappa shape index (κ3) is 2.35. The van der Waals surface area contributed by atoms with Gasteiger partial charge in [-0.05, 0) is 39.3 Å². The Morgan fingerprint density at radius 2 is 2.26 bits per heavy atom. The third-order valence-electron chi connectivity index (χ3n) is 4.57. The van der Waals surface area contributed by atoms with Crippen LogP contribution in [0, 0.1) is 6.92 Å². The Hall–Kier alpha value is -1.13. The number of fused-ring (bicyclic) bond motifs is 1. The third-order valence-corrected chi connectivity index (χ3v) is 4.57. The fourth-order valence-corrected chi connectivity index (χ4v) is 3.52. The lowest BCUT2D eigenvalue weighted by molar-refractivity contribution is 0.203. The zero-order valence-electron chi connectivity index (χ0n) is 12.0. The predicted octanol–water partition coefficient (Wildman–Crippen LogP) is 1.52. The van der Waals surface area contributed by atoms with Gasteiger partial charge in [0.2, 0.25) is 0 Å². The lowest BCUT2D eigenvalue weighted by Crippen LogP contribution is -2.55. The largest absolute Gasteiger partial charge is 0.366 e. The molecule has 2 aliphatic rings. The van der Waals surface area contributed by atoms with Gasteiger partial charge in [0.15, 0.2) is 0 Å². The van der Waals surface area contributed by atoms with E-state index in [-0.39, 0.29) is 0 Å². The molecule has 4 nitrogen and oxygen atoms in total. The molecule has 3 heterocycles. The van der Waals surface area contributed by atoms with E-state index in [0.29, 0.717) is 12.6 Å². The molecule has 2 saturated heterocycles. The van der Waals surface area contributed by atoms with Crippen LogP contribution in [0.3, 0.4) is 0 Å². The van der Waals surface area contributed by atoms with Gasteiger partial charge >= 0.3 is 0 Å². The number of pyridine rings is 1. The highest BCUT2D eigenvalue weighted by Crippen LogP contribution is 2.30. The van der Waals surface area contributed by atoms with Crippen LogP contribution >= 0.6 is 0 Å². The molecule has 2 aliphatic heterocycles. The molecule has 104 valence electrons. The summed E-state index contributed by atoms with van der Waals surface area (Å²) in [5.74, 6) is 0. The van der Waals surface area contributed by atoms with Gasteiger partial charge in [-0.2, -0.15) is 0 Å². The van der Waals surface area contributed by atoms with Gasteiger partial charge < -0.3 is 10.6 Å². The van der Waals surface area contributed by atoms with Crippen molar-refractivity contribution in [3.63, 3.8) is 0 Å². The summed E-state index contributed by atoms with van der Waals surface area (Å²) in [6.07, 6.45) is 4.63.